The normalized spacial score (nSPS) is 27.0. The van der Waals surface area contributed by atoms with Crippen LogP contribution in [-0.2, 0) is 42.9 Å². The third-order valence-corrected chi connectivity index (χ3v) is 24.9. The Morgan fingerprint density at radius 3 is 0.938 bits per heavy atom. The van der Waals surface area contributed by atoms with Crippen molar-refractivity contribution < 1.29 is 82.3 Å². The van der Waals surface area contributed by atoms with Crippen LogP contribution in [0.3, 0.4) is 0 Å². The van der Waals surface area contributed by atoms with E-state index in [-0.39, 0.29) is 24.3 Å². The lowest BCUT2D eigenvalue weighted by Gasteiger charge is -2.31. The van der Waals surface area contributed by atoms with Gasteiger partial charge in [-0.25, -0.2) is 33.8 Å². The van der Waals surface area contributed by atoms with E-state index >= 15 is 0 Å². The Balaban J connectivity index is 0.000000195. The zero-order valence-electron chi connectivity index (χ0n) is 70.7. The Morgan fingerprint density at radius 1 is 0.402 bits per heavy atom. The summed E-state index contributed by atoms with van der Waals surface area (Å²) in [7, 11) is 1.31. The van der Waals surface area contributed by atoms with E-state index in [4.69, 9.17) is 46.9 Å². The number of hydrogen-bond acceptors (Lipinski definition) is 17. The van der Waals surface area contributed by atoms with Gasteiger partial charge in [-0.15, -0.1) is 0 Å². The highest BCUT2D eigenvalue weighted by atomic mass is 35.5. The molecule has 1 aromatic heterocycles. The Morgan fingerprint density at radius 2 is 0.652 bits per heavy atom. The number of carbonyl (C=O) groups excluding carboxylic acids is 8. The summed E-state index contributed by atoms with van der Waals surface area (Å²) >= 11 is 12.6. The molecule has 5 aliphatic heterocycles. The Bertz CT molecular complexity index is 3120. The van der Waals surface area contributed by atoms with Crippen molar-refractivity contribution >= 4 is 78.1 Å². The highest BCUT2D eigenvalue weighted by molar-refractivity contribution is 6.35. The molecule has 5 saturated carbocycles. The molecule has 112 heavy (non-hydrogen) atoms. The molecule has 11 rings (SSSR count). The van der Waals surface area contributed by atoms with E-state index in [0.717, 1.165) is 31.8 Å². The lowest BCUT2D eigenvalue weighted by molar-refractivity contribution is -0.164. The number of nitrogens with zero attached hydrogens (tertiary/aromatic N) is 7. The molecule has 0 bridgehead atoms. The molecule has 636 valence electrons. The fraction of sp³-hybridized carbons (Fsp3) is 0.837. The van der Waals surface area contributed by atoms with Crippen LogP contribution in [0.4, 0.5) is 24.0 Å². The lowest BCUT2D eigenvalue weighted by Crippen LogP contribution is -2.47. The lowest BCUT2D eigenvalue weighted by atomic mass is 9.78. The molecule has 26 heteroatoms. The van der Waals surface area contributed by atoms with E-state index in [9.17, 15) is 58.6 Å². The van der Waals surface area contributed by atoms with Gasteiger partial charge in [-0.05, 0) is 195 Å². The number of carboxylic acid groups (broad SMARTS) is 1. The monoisotopic (exact) mass is 1610 g/mol. The summed E-state index contributed by atoms with van der Waals surface area (Å²) in [4.78, 5) is 120. The van der Waals surface area contributed by atoms with E-state index in [0.29, 0.717) is 125 Å². The van der Waals surface area contributed by atoms with Crippen molar-refractivity contribution in [2.24, 2.45) is 59.2 Å². The smallest absolute Gasteiger partial charge is 0.411 e. The summed E-state index contributed by atoms with van der Waals surface area (Å²) in [6.45, 7) is 30.6. The van der Waals surface area contributed by atoms with Gasteiger partial charge in [0.05, 0.1) is 28.2 Å². The molecule has 6 heterocycles. The predicted molar refractivity (Wildman–Crippen MR) is 431 cm³/mol. The van der Waals surface area contributed by atoms with Gasteiger partial charge < -0.3 is 48.4 Å². The van der Waals surface area contributed by atoms with Gasteiger partial charge in [-0.2, -0.15) is 0 Å². The number of carboxylic acids is 1. The maximum absolute atomic E-state index is 12.9. The molecule has 3 unspecified atom stereocenters. The maximum atomic E-state index is 12.9. The van der Waals surface area contributed by atoms with Crippen molar-refractivity contribution in [1.29, 1.82) is 0 Å². The number of likely N-dealkylation sites (tertiary alicyclic amines) is 5. The Hall–Kier alpha value is -5.72. The molecular formula is C86H141Cl2N7O17. The highest BCUT2D eigenvalue weighted by Gasteiger charge is 2.49. The molecular weight excluding hydrogens is 1470 g/mol. The van der Waals surface area contributed by atoms with Gasteiger partial charge in [-0.3, -0.25) is 34.6 Å². The fourth-order valence-corrected chi connectivity index (χ4v) is 19.5. The molecule has 3 N–H and O–H groups in total. The van der Waals surface area contributed by atoms with Crippen LogP contribution in [0.2, 0.25) is 10.0 Å². The highest BCUT2D eigenvalue weighted by Crippen LogP contribution is 2.46. The minimum Gasteiger partial charge on any atom is -0.480 e. The van der Waals surface area contributed by atoms with Crippen molar-refractivity contribution in [3.63, 3.8) is 0 Å². The van der Waals surface area contributed by atoms with Crippen LogP contribution in [0.1, 0.15) is 308 Å². The fourth-order valence-electron chi connectivity index (χ4n) is 18.9. The molecule has 24 nitrogen and oxygen atoms in total. The van der Waals surface area contributed by atoms with Crippen molar-refractivity contribution in [2.75, 3.05) is 39.8 Å². The van der Waals surface area contributed by atoms with Gasteiger partial charge in [0.15, 0.2) is 0 Å². The van der Waals surface area contributed by atoms with Crippen molar-refractivity contribution in [3.05, 3.63) is 28.0 Å². The number of likely N-dealkylation sites (N-methyl/N-ethyl adjacent to an activating group) is 1. The van der Waals surface area contributed by atoms with Crippen LogP contribution in [0, 0.1) is 59.2 Å². The van der Waals surface area contributed by atoms with Gasteiger partial charge in [-0.1, -0.05) is 184 Å². The molecule has 10 aliphatic rings. The maximum Gasteiger partial charge on any atom is 0.411 e. The van der Waals surface area contributed by atoms with Crippen LogP contribution in [-0.4, -0.2) is 203 Å². The topological polar surface area (TPSA) is 293 Å². The van der Waals surface area contributed by atoms with Crippen LogP contribution in [0.25, 0.3) is 0 Å². The number of aliphatic carboxylic acids is 1. The molecule has 11 atom stereocenters. The molecule has 5 aliphatic carbocycles. The van der Waals surface area contributed by atoms with E-state index in [1.165, 1.54) is 190 Å². The Kier molecular flexibility index (Phi) is 35.0. The molecule has 6 amide bonds. The minimum absolute atomic E-state index is 0.295. The van der Waals surface area contributed by atoms with Crippen molar-refractivity contribution in [3.8, 4) is 0 Å². The number of halogens is 2. The van der Waals surface area contributed by atoms with Gasteiger partial charge >= 0.3 is 36.4 Å². The summed E-state index contributed by atoms with van der Waals surface area (Å²) in [6, 6.07) is -2.36. The number of aliphatic hydroxyl groups is 1. The number of ether oxygens (including phenoxy) is 5. The predicted octanol–water partition coefficient (Wildman–Crippen LogP) is 18.7. The summed E-state index contributed by atoms with van der Waals surface area (Å²) in [5, 5.41) is 31.3. The van der Waals surface area contributed by atoms with Gasteiger partial charge in [0, 0.05) is 57.7 Å². The van der Waals surface area contributed by atoms with Crippen molar-refractivity contribution in [1.82, 2.24) is 34.5 Å². The Labute approximate surface area is 679 Å². The first kappa shape index (κ1) is 93.4. The average molecular weight is 1620 g/mol. The number of carbonyl (C=O) groups is 9. The van der Waals surface area contributed by atoms with E-state index in [1.54, 1.807) is 35.5 Å². The van der Waals surface area contributed by atoms with Crippen molar-refractivity contribution in [2.45, 2.75) is 361 Å². The largest absolute Gasteiger partial charge is 0.480 e. The standard InChI is InChI=1S/C21H30Cl2N2O3.C17H30N2O4.C16H27NO4.2C16H27NO3/c1-21(2,3)28-20(27)25-12-14(13-7-5-4-6-8-13)9-17(25)19(26)18-15(22)10-24-11-16(18)23;1-17(2,3)23-16(21)19-11-13(12-8-6-5-7-9-12)10-14(19)15(20)18(4)22;1-16(2,3)21-15(20)17-10-12(9-13(17)14(18)19)11-7-5-4-6-8-11;2*1-16(2,3)20-15(19)17-10-13(9-14(17)11-18)12-7-5-4-6-8-12/h10-11,13-14,17,19,26H,4-9,12H2,1-3H3;12-14,22H,5-11H2,1-4H3;11-13H,4-10H2,1-3H3,(H,18,19);2*11-14H,4-10H2,1-3H3/t14-,17?,19?;13-,14+;12-,13+;13-,14?;13-,14+/m11111/s1. The number of aliphatic hydroxyl groups excluding tert-OH is 1. The number of hydrogen-bond donors (Lipinski definition) is 3. The summed E-state index contributed by atoms with van der Waals surface area (Å²) in [5.41, 5.74) is -2.37. The minimum atomic E-state index is -0.982. The second-order valence-electron chi connectivity index (χ2n) is 38.8. The summed E-state index contributed by atoms with van der Waals surface area (Å²) in [5.74, 6) is 3.63. The van der Waals surface area contributed by atoms with E-state index in [1.807, 2.05) is 83.1 Å². The van der Waals surface area contributed by atoms with Crippen LogP contribution in [0.5, 0.6) is 0 Å². The number of amides is 6. The zero-order chi connectivity index (χ0) is 82.8. The average Bonchev–Trinajstić information content (AvgIpc) is 1.65. The van der Waals surface area contributed by atoms with Crippen LogP contribution in [0.15, 0.2) is 12.4 Å². The summed E-state index contributed by atoms with van der Waals surface area (Å²) in [6.07, 6.45) is 36.4. The third-order valence-electron chi connectivity index (χ3n) is 24.3. The SMILES string of the molecule is CC(C)(C)OC(=O)N1C[C@H](C2CCCCC2)CC1C(O)c1c(Cl)cncc1Cl.CC(C)(C)OC(=O)N1C[C@H](C2CCCCC2)CC1C=O.CC(C)(C)OC(=O)N1C[C@H](C2CCCCC2)C[C@H]1C(=O)O.CC(C)(C)OC(=O)N1C[C@H](C2CCCCC2)C[C@H]1C=O.CN(O)C(=O)[C@@H]1C[C@@H](C2CCCCC2)CN1C(=O)OC(C)(C)C. The number of hydroxylamine groups is 2. The number of aldehydes is 2. The van der Waals surface area contributed by atoms with Gasteiger partial charge in [0.2, 0.25) is 0 Å². The first-order chi connectivity index (χ1) is 52.4. The van der Waals surface area contributed by atoms with E-state index < -0.39 is 82.4 Å². The molecule has 0 radical (unpaired) electrons. The number of rotatable bonds is 11. The molecule has 0 aromatic carbocycles. The summed E-state index contributed by atoms with van der Waals surface area (Å²) < 4.78 is 27.3. The van der Waals surface area contributed by atoms with Crippen LogP contribution >= 0.6 is 23.2 Å². The third kappa shape index (κ3) is 28.6. The second kappa shape index (κ2) is 41.9. The van der Waals surface area contributed by atoms with Crippen LogP contribution < -0.4 is 0 Å². The second-order valence-corrected chi connectivity index (χ2v) is 39.6. The molecule has 0 spiro atoms. The van der Waals surface area contributed by atoms with E-state index in [2.05, 4.69) is 4.98 Å². The van der Waals surface area contributed by atoms with Gasteiger partial charge in [0.25, 0.3) is 5.91 Å². The molecule has 10 fully saturated rings. The number of pyridine rings is 1. The first-order valence-corrected chi connectivity index (χ1v) is 43.3. The molecule has 5 saturated heterocycles. The molecule has 1 aromatic rings. The zero-order valence-corrected chi connectivity index (χ0v) is 72.3. The number of aromatic nitrogens is 1. The first-order valence-electron chi connectivity index (χ1n) is 42.5. The van der Waals surface area contributed by atoms with Gasteiger partial charge in [0.1, 0.15) is 58.8 Å². The quantitative estimate of drug-likeness (QED) is 0.0803.